The molecule has 92 valence electrons. The highest BCUT2D eigenvalue weighted by atomic mass is 16.5. The Labute approximate surface area is 93.2 Å². The summed E-state index contributed by atoms with van der Waals surface area (Å²) < 4.78 is 4.96. The minimum atomic E-state index is -1.08. The van der Waals surface area contributed by atoms with Gasteiger partial charge in [-0.3, -0.25) is 14.9 Å². The van der Waals surface area contributed by atoms with Crippen LogP contribution in [0.3, 0.4) is 0 Å². The van der Waals surface area contributed by atoms with E-state index < -0.39 is 17.9 Å². The second-order valence-electron chi connectivity index (χ2n) is 2.89. The van der Waals surface area contributed by atoms with Gasteiger partial charge < -0.3 is 15.2 Å². The Kier molecular flexibility index (Phi) is 7.78. The molecule has 0 unspecified atom stereocenters. The third-order valence-corrected chi connectivity index (χ3v) is 1.55. The molecule has 0 bridgehead atoms. The normalized spacial score (nSPS) is 9.56. The zero-order valence-electron chi connectivity index (χ0n) is 9.12. The quantitative estimate of drug-likeness (QED) is 0.523. The van der Waals surface area contributed by atoms with Crippen molar-refractivity contribution in [3.05, 3.63) is 0 Å². The summed E-state index contributed by atoms with van der Waals surface area (Å²) in [6.45, 7) is 3.05. The summed E-state index contributed by atoms with van der Waals surface area (Å²) in [5, 5.41) is 12.7. The fraction of sp³-hybridized carbons (Fsp3) is 0.667. The van der Waals surface area contributed by atoms with Crippen LogP contribution in [-0.4, -0.2) is 42.8 Å². The van der Waals surface area contributed by atoms with Crippen LogP contribution in [0, 0.1) is 0 Å². The van der Waals surface area contributed by atoms with Gasteiger partial charge in [0.2, 0.25) is 5.91 Å². The first-order chi connectivity index (χ1) is 7.56. The van der Waals surface area contributed by atoms with Gasteiger partial charge in [-0.05, 0) is 6.92 Å². The zero-order valence-corrected chi connectivity index (χ0v) is 9.12. The molecule has 0 spiro atoms. The molecule has 16 heavy (non-hydrogen) atoms. The standard InChI is InChI=1S/C9H16N2O5/c1-2-16-6-5-10-9(15)11-7(12)3-4-8(13)14/h2-6H2,1H3,(H,13,14)(H2,10,11,12,15). The number of hydrogen-bond acceptors (Lipinski definition) is 4. The number of carbonyl (C=O) groups excluding carboxylic acids is 2. The van der Waals surface area contributed by atoms with Crippen molar-refractivity contribution in [2.24, 2.45) is 0 Å². The first-order valence-electron chi connectivity index (χ1n) is 4.93. The highest BCUT2D eigenvalue weighted by Crippen LogP contribution is 1.87. The van der Waals surface area contributed by atoms with Gasteiger partial charge in [0, 0.05) is 19.6 Å². The molecule has 0 saturated heterocycles. The number of aliphatic carboxylic acids is 1. The van der Waals surface area contributed by atoms with Crippen molar-refractivity contribution in [1.29, 1.82) is 0 Å². The maximum atomic E-state index is 11.0. The fourth-order valence-electron chi connectivity index (χ4n) is 0.835. The summed E-state index contributed by atoms with van der Waals surface area (Å²) in [5.41, 5.74) is 0. The Balaban J connectivity index is 3.54. The van der Waals surface area contributed by atoms with Crippen LogP contribution < -0.4 is 10.6 Å². The Morgan fingerprint density at radius 3 is 2.50 bits per heavy atom. The van der Waals surface area contributed by atoms with Gasteiger partial charge in [0.1, 0.15) is 0 Å². The summed E-state index contributed by atoms with van der Waals surface area (Å²) in [7, 11) is 0. The third-order valence-electron chi connectivity index (χ3n) is 1.55. The number of hydrogen-bond donors (Lipinski definition) is 3. The zero-order chi connectivity index (χ0) is 12.4. The molecule has 3 N–H and O–H groups in total. The Bertz CT molecular complexity index is 254. The van der Waals surface area contributed by atoms with Gasteiger partial charge in [-0.15, -0.1) is 0 Å². The molecule has 0 aliphatic carbocycles. The molecule has 0 aromatic rings. The van der Waals surface area contributed by atoms with E-state index in [2.05, 4.69) is 5.32 Å². The molecule has 0 aliphatic heterocycles. The van der Waals surface area contributed by atoms with Crippen LogP contribution in [0.4, 0.5) is 4.79 Å². The van der Waals surface area contributed by atoms with Crippen molar-refractivity contribution >= 4 is 17.9 Å². The topological polar surface area (TPSA) is 105 Å². The highest BCUT2D eigenvalue weighted by molar-refractivity contribution is 5.95. The number of nitrogens with one attached hydrogen (secondary N) is 2. The summed E-state index contributed by atoms with van der Waals surface area (Å²) >= 11 is 0. The van der Waals surface area contributed by atoms with E-state index in [1.165, 1.54) is 0 Å². The number of rotatable bonds is 7. The number of amides is 3. The largest absolute Gasteiger partial charge is 0.481 e. The molecule has 0 rings (SSSR count). The summed E-state index contributed by atoms with van der Waals surface area (Å²) in [6.07, 6.45) is -0.508. The van der Waals surface area contributed by atoms with E-state index in [-0.39, 0.29) is 12.8 Å². The minimum Gasteiger partial charge on any atom is -0.481 e. The van der Waals surface area contributed by atoms with Gasteiger partial charge in [-0.25, -0.2) is 4.79 Å². The lowest BCUT2D eigenvalue weighted by molar-refractivity contribution is -0.138. The van der Waals surface area contributed by atoms with E-state index in [0.717, 1.165) is 0 Å². The van der Waals surface area contributed by atoms with Crippen molar-refractivity contribution in [2.45, 2.75) is 19.8 Å². The maximum absolute atomic E-state index is 11.0. The molecule has 3 amide bonds. The van der Waals surface area contributed by atoms with Crippen LogP contribution >= 0.6 is 0 Å². The van der Waals surface area contributed by atoms with Gasteiger partial charge in [-0.1, -0.05) is 0 Å². The van der Waals surface area contributed by atoms with E-state index in [9.17, 15) is 14.4 Å². The molecule has 0 aromatic carbocycles. The van der Waals surface area contributed by atoms with Gasteiger partial charge in [0.25, 0.3) is 0 Å². The molecular weight excluding hydrogens is 216 g/mol. The average molecular weight is 232 g/mol. The van der Waals surface area contributed by atoms with E-state index in [0.29, 0.717) is 19.8 Å². The molecule has 0 saturated carbocycles. The van der Waals surface area contributed by atoms with Gasteiger partial charge in [0.05, 0.1) is 13.0 Å². The lowest BCUT2D eigenvalue weighted by atomic mass is 10.3. The number of carboxylic acids is 1. The molecule has 0 heterocycles. The van der Waals surface area contributed by atoms with Crippen LogP contribution in [0.5, 0.6) is 0 Å². The minimum absolute atomic E-state index is 0.214. The molecule has 7 heteroatoms. The molecule has 7 nitrogen and oxygen atoms in total. The average Bonchev–Trinajstić information content (AvgIpc) is 2.21. The fourth-order valence-corrected chi connectivity index (χ4v) is 0.835. The van der Waals surface area contributed by atoms with Crippen LogP contribution in [0.25, 0.3) is 0 Å². The first kappa shape index (κ1) is 14.4. The Morgan fingerprint density at radius 1 is 1.25 bits per heavy atom. The monoisotopic (exact) mass is 232 g/mol. The van der Waals surface area contributed by atoms with Crippen LogP contribution in [0.1, 0.15) is 19.8 Å². The smallest absolute Gasteiger partial charge is 0.321 e. The number of carboxylic acid groups (broad SMARTS) is 1. The Hall–Kier alpha value is -1.63. The van der Waals surface area contributed by atoms with E-state index in [4.69, 9.17) is 9.84 Å². The van der Waals surface area contributed by atoms with Crippen molar-refractivity contribution in [3.63, 3.8) is 0 Å². The van der Waals surface area contributed by atoms with Gasteiger partial charge in [-0.2, -0.15) is 0 Å². The summed E-state index contributed by atoms with van der Waals surface area (Å²) in [6, 6.07) is -0.643. The lowest BCUT2D eigenvalue weighted by Crippen LogP contribution is -2.40. The summed E-state index contributed by atoms with van der Waals surface area (Å²) in [4.78, 5) is 32.1. The highest BCUT2D eigenvalue weighted by Gasteiger charge is 2.08. The lowest BCUT2D eigenvalue weighted by Gasteiger charge is -2.05. The Morgan fingerprint density at radius 2 is 1.94 bits per heavy atom. The second kappa shape index (κ2) is 8.66. The second-order valence-corrected chi connectivity index (χ2v) is 2.89. The molecule has 0 aliphatic rings. The van der Waals surface area contributed by atoms with E-state index >= 15 is 0 Å². The van der Waals surface area contributed by atoms with Crippen LogP contribution in [0.15, 0.2) is 0 Å². The van der Waals surface area contributed by atoms with E-state index in [1.807, 2.05) is 12.2 Å². The number of imide groups is 1. The van der Waals surface area contributed by atoms with Gasteiger partial charge >= 0.3 is 12.0 Å². The molecule has 0 fully saturated rings. The SMILES string of the molecule is CCOCCNC(=O)NC(=O)CCC(=O)O. The first-order valence-corrected chi connectivity index (χ1v) is 4.93. The van der Waals surface area contributed by atoms with Crippen molar-refractivity contribution in [3.8, 4) is 0 Å². The molecule has 0 aromatic heterocycles. The number of carbonyl (C=O) groups is 3. The van der Waals surface area contributed by atoms with Crippen molar-refractivity contribution in [1.82, 2.24) is 10.6 Å². The van der Waals surface area contributed by atoms with Crippen molar-refractivity contribution in [2.75, 3.05) is 19.8 Å². The van der Waals surface area contributed by atoms with Crippen LogP contribution in [0.2, 0.25) is 0 Å². The van der Waals surface area contributed by atoms with E-state index in [1.54, 1.807) is 0 Å². The predicted molar refractivity (Wildman–Crippen MR) is 54.9 cm³/mol. The predicted octanol–water partition coefficient (Wildman–Crippen LogP) is -0.286. The number of urea groups is 1. The van der Waals surface area contributed by atoms with Gasteiger partial charge in [0.15, 0.2) is 0 Å². The third kappa shape index (κ3) is 8.95. The maximum Gasteiger partial charge on any atom is 0.321 e. The molecule has 0 atom stereocenters. The number of ether oxygens (including phenoxy) is 1. The van der Waals surface area contributed by atoms with Crippen LogP contribution in [-0.2, 0) is 14.3 Å². The van der Waals surface area contributed by atoms with Crippen molar-refractivity contribution < 1.29 is 24.2 Å². The summed E-state index contributed by atoms with van der Waals surface area (Å²) in [5.74, 6) is -1.69. The molecular formula is C9H16N2O5. The molecule has 0 radical (unpaired) electrons.